The van der Waals surface area contributed by atoms with E-state index in [-0.39, 0.29) is 4.90 Å². The van der Waals surface area contributed by atoms with Crippen LogP contribution in [-0.2, 0) is 10.1 Å². The fourth-order valence-corrected chi connectivity index (χ4v) is 3.31. The third-order valence-corrected chi connectivity index (χ3v) is 5.41. The number of nitrogens with one attached hydrogen (secondary N) is 2. The van der Waals surface area contributed by atoms with Gasteiger partial charge < -0.3 is 10.6 Å². The minimum Gasteiger partial charge on any atom is -0.340 e. The Hall–Kier alpha value is -3.15. The van der Waals surface area contributed by atoms with E-state index in [4.69, 9.17) is 4.55 Å². The molecule has 2 aromatic rings. The fraction of sp³-hybridized carbons (Fsp3) is 0.200. The Morgan fingerprint density at radius 1 is 1.07 bits per heavy atom. The van der Waals surface area contributed by atoms with Crippen LogP contribution < -0.4 is 10.6 Å². The summed E-state index contributed by atoms with van der Waals surface area (Å²) < 4.78 is 31.4. The molecule has 0 saturated heterocycles. The minimum absolute atomic E-state index is 0.204. The molecule has 3 N–H and O–H groups in total. The second-order valence-corrected chi connectivity index (χ2v) is 7.86. The highest BCUT2D eigenvalue weighted by atomic mass is 32.2. The molecular weight excluding hydrogens is 376 g/mol. The van der Waals surface area contributed by atoms with E-state index >= 15 is 0 Å². The molecule has 8 heteroatoms. The van der Waals surface area contributed by atoms with Gasteiger partial charge in [0.1, 0.15) is 11.9 Å². The van der Waals surface area contributed by atoms with Gasteiger partial charge in [-0.1, -0.05) is 12.2 Å². The van der Waals surface area contributed by atoms with Crippen LogP contribution in [0.2, 0.25) is 0 Å². The Bertz CT molecular complexity index is 1110. The number of allylic oxidation sites excluding steroid dienone is 3. The predicted octanol–water partition coefficient (Wildman–Crippen LogP) is 4.21. The number of rotatable bonds is 5. The van der Waals surface area contributed by atoms with Crippen molar-refractivity contribution in [2.45, 2.75) is 31.6 Å². The van der Waals surface area contributed by atoms with E-state index in [9.17, 15) is 13.7 Å². The molecular formula is C20H20N4O3S. The van der Waals surface area contributed by atoms with Gasteiger partial charge in [0.15, 0.2) is 5.82 Å². The van der Waals surface area contributed by atoms with Crippen molar-refractivity contribution in [1.29, 1.82) is 5.26 Å². The number of nitriles is 1. The largest absolute Gasteiger partial charge is 0.340 e. The molecule has 0 atom stereocenters. The first kappa shape index (κ1) is 19.6. The highest BCUT2D eigenvalue weighted by Crippen LogP contribution is 2.29. The summed E-state index contributed by atoms with van der Waals surface area (Å²) in [4.78, 5) is 4.37. The van der Waals surface area contributed by atoms with Crippen LogP contribution in [0.1, 0.15) is 29.5 Å². The van der Waals surface area contributed by atoms with Gasteiger partial charge in [-0.2, -0.15) is 13.7 Å². The molecule has 144 valence electrons. The molecule has 3 rings (SSSR count). The van der Waals surface area contributed by atoms with E-state index in [1.807, 2.05) is 19.9 Å². The second-order valence-electron chi connectivity index (χ2n) is 6.43. The Kier molecular flexibility index (Phi) is 5.49. The summed E-state index contributed by atoms with van der Waals surface area (Å²) in [5, 5.41) is 15.9. The molecule has 0 radical (unpaired) electrons. The smallest absolute Gasteiger partial charge is 0.294 e. The monoisotopic (exact) mass is 396 g/mol. The molecule has 0 fully saturated rings. The molecule has 7 nitrogen and oxygen atoms in total. The van der Waals surface area contributed by atoms with Crippen molar-refractivity contribution in [1.82, 2.24) is 4.98 Å². The highest BCUT2D eigenvalue weighted by molar-refractivity contribution is 7.85. The number of hydrogen-bond acceptors (Lipinski definition) is 6. The molecule has 1 heterocycles. The molecule has 1 aliphatic rings. The Morgan fingerprint density at radius 3 is 2.36 bits per heavy atom. The van der Waals surface area contributed by atoms with E-state index in [0.717, 1.165) is 29.7 Å². The van der Waals surface area contributed by atoms with Crippen LogP contribution >= 0.6 is 0 Å². The van der Waals surface area contributed by atoms with Crippen molar-refractivity contribution >= 4 is 27.4 Å². The van der Waals surface area contributed by atoms with E-state index in [0.29, 0.717) is 22.9 Å². The Labute approximate surface area is 164 Å². The average Bonchev–Trinajstić information content (AvgIpc) is 2.67. The molecule has 0 unspecified atom stereocenters. The fourth-order valence-electron chi connectivity index (χ4n) is 2.83. The van der Waals surface area contributed by atoms with E-state index in [1.165, 1.54) is 24.3 Å². The number of anilines is 3. The van der Waals surface area contributed by atoms with Crippen molar-refractivity contribution < 1.29 is 13.0 Å². The van der Waals surface area contributed by atoms with E-state index < -0.39 is 10.1 Å². The van der Waals surface area contributed by atoms with Crippen molar-refractivity contribution in [2.24, 2.45) is 0 Å². The van der Waals surface area contributed by atoms with Gasteiger partial charge in [-0.15, -0.1) is 0 Å². The van der Waals surface area contributed by atoms with Gasteiger partial charge in [-0.25, -0.2) is 4.98 Å². The molecule has 1 aliphatic carbocycles. The quantitative estimate of drug-likeness (QED) is 0.649. The summed E-state index contributed by atoms with van der Waals surface area (Å²) in [5.74, 6) is 1.01. The minimum atomic E-state index is -4.26. The summed E-state index contributed by atoms with van der Waals surface area (Å²) in [6.07, 6.45) is 8.15. The average molecular weight is 396 g/mol. The normalized spacial score (nSPS) is 13.6. The molecule has 1 aromatic carbocycles. The lowest BCUT2D eigenvalue weighted by Crippen LogP contribution is -2.08. The SMILES string of the molecule is Cc1c(NC2=CCCC=C2)nc(Nc2ccc(S(=O)(=O)O)cc2)c(C#N)c1C. The van der Waals surface area contributed by atoms with Crippen LogP contribution in [-0.4, -0.2) is 18.0 Å². The summed E-state index contributed by atoms with van der Waals surface area (Å²) in [6, 6.07) is 7.73. The summed E-state index contributed by atoms with van der Waals surface area (Å²) in [5.41, 5.74) is 3.59. The maximum atomic E-state index is 11.2. The van der Waals surface area contributed by atoms with Gasteiger partial charge in [0.25, 0.3) is 10.1 Å². The summed E-state index contributed by atoms with van der Waals surface area (Å²) in [7, 11) is -4.26. The highest BCUT2D eigenvalue weighted by Gasteiger charge is 2.16. The maximum absolute atomic E-state index is 11.2. The topological polar surface area (TPSA) is 115 Å². The lowest BCUT2D eigenvalue weighted by molar-refractivity contribution is 0.483. The van der Waals surface area contributed by atoms with Crippen LogP contribution in [0.5, 0.6) is 0 Å². The third-order valence-electron chi connectivity index (χ3n) is 4.54. The van der Waals surface area contributed by atoms with Crippen LogP contribution in [0.25, 0.3) is 0 Å². The lowest BCUT2D eigenvalue weighted by Gasteiger charge is -2.17. The summed E-state index contributed by atoms with van der Waals surface area (Å²) >= 11 is 0. The number of hydrogen-bond donors (Lipinski definition) is 3. The van der Waals surface area contributed by atoms with Crippen molar-refractivity contribution in [2.75, 3.05) is 10.6 Å². The first-order valence-electron chi connectivity index (χ1n) is 8.69. The molecule has 1 aromatic heterocycles. The van der Waals surface area contributed by atoms with Crippen molar-refractivity contribution in [3.8, 4) is 6.07 Å². The van der Waals surface area contributed by atoms with Gasteiger partial charge in [-0.05, 0) is 68.2 Å². The number of aromatic nitrogens is 1. The maximum Gasteiger partial charge on any atom is 0.294 e. The third kappa shape index (κ3) is 4.22. The first-order chi connectivity index (χ1) is 13.3. The van der Waals surface area contributed by atoms with Gasteiger partial charge in [0.05, 0.1) is 10.5 Å². The van der Waals surface area contributed by atoms with Crippen LogP contribution in [0.4, 0.5) is 17.3 Å². The van der Waals surface area contributed by atoms with Gasteiger partial charge in [-0.3, -0.25) is 4.55 Å². The van der Waals surface area contributed by atoms with Crippen LogP contribution in [0, 0.1) is 25.2 Å². The molecule has 0 aliphatic heterocycles. The Morgan fingerprint density at radius 2 is 1.79 bits per heavy atom. The van der Waals surface area contributed by atoms with Gasteiger partial charge in [0, 0.05) is 11.4 Å². The molecule has 0 bridgehead atoms. The van der Waals surface area contributed by atoms with Crippen molar-refractivity contribution in [3.05, 3.63) is 64.9 Å². The molecule has 0 amide bonds. The van der Waals surface area contributed by atoms with Crippen LogP contribution in [0.3, 0.4) is 0 Å². The molecule has 0 spiro atoms. The number of nitrogens with zero attached hydrogens (tertiary/aromatic N) is 2. The zero-order chi connectivity index (χ0) is 20.3. The zero-order valence-corrected chi connectivity index (χ0v) is 16.3. The zero-order valence-electron chi connectivity index (χ0n) is 15.5. The number of pyridine rings is 1. The van der Waals surface area contributed by atoms with Crippen LogP contribution in [0.15, 0.2) is 53.1 Å². The van der Waals surface area contributed by atoms with Gasteiger partial charge >= 0.3 is 0 Å². The summed E-state index contributed by atoms with van der Waals surface area (Å²) in [6.45, 7) is 3.77. The first-order valence-corrected chi connectivity index (χ1v) is 10.1. The molecule has 28 heavy (non-hydrogen) atoms. The lowest BCUT2D eigenvalue weighted by atomic mass is 10.0. The molecule has 0 saturated carbocycles. The van der Waals surface area contributed by atoms with E-state index in [2.05, 4.69) is 33.8 Å². The second kappa shape index (κ2) is 7.84. The van der Waals surface area contributed by atoms with E-state index in [1.54, 1.807) is 0 Å². The Balaban J connectivity index is 1.96. The van der Waals surface area contributed by atoms with Gasteiger partial charge in [0.2, 0.25) is 0 Å². The predicted molar refractivity (Wildman–Crippen MR) is 108 cm³/mol. The van der Waals surface area contributed by atoms with Crippen molar-refractivity contribution in [3.63, 3.8) is 0 Å². The number of benzene rings is 1. The standard InChI is InChI=1S/C20H20N4O3S/c1-13-14(2)19(22-15-6-4-3-5-7-15)24-20(18(13)12-21)23-16-8-10-17(11-9-16)28(25,26)27/h4,6-11H,3,5H2,1-2H3,(H2,22,23,24)(H,25,26,27).